The Hall–Kier alpha value is -1.59. The van der Waals surface area contributed by atoms with Crippen molar-refractivity contribution in [3.63, 3.8) is 0 Å². The van der Waals surface area contributed by atoms with Crippen molar-refractivity contribution in [3.8, 4) is 0 Å². The molecule has 6 nitrogen and oxygen atoms in total. The van der Waals surface area contributed by atoms with Crippen LogP contribution < -0.4 is 11.1 Å². The second kappa shape index (κ2) is 4.59. The smallest absolute Gasteiger partial charge is 0.332 e. The highest BCUT2D eigenvalue weighted by atomic mass is 16.7. The van der Waals surface area contributed by atoms with Crippen molar-refractivity contribution in [1.29, 1.82) is 0 Å². The fourth-order valence-corrected chi connectivity index (χ4v) is 0.732. The monoisotopic (exact) mass is 201 g/mol. The average molecular weight is 201 g/mol. The predicted octanol–water partition coefficient (Wildman–Crippen LogP) is -0.264. The van der Waals surface area contributed by atoms with Gasteiger partial charge in [-0.3, -0.25) is 4.79 Å². The summed E-state index contributed by atoms with van der Waals surface area (Å²) in [6.07, 6.45) is 0. The molecule has 0 unspecified atom stereocenters. The Morgan fingerprint density at radius 2 is 1.86 bits per heavy atom. The van der Waals surface area contributed by atoms with Crippen molar-refractivity contribution in [3.05, 3.63) is 0 Å². The van der Waals surface area contributed by atoms with E-state index in [0.29, 0.717) is 0 Å². The van der Waals surface area contributed by atoms with Crippen molar-refractivity contribution < 1.29 is 14.4 Å². The summed E-state index contributed by atoms with van der Waals surface area (Å²) in [7, 11) is 0. The Morgan fingerprint density at radius 3 is 2.21 bits per heavy atom. The number of nitrogens with zero attached hydrogens (tertiary/aromatic N) is 1. The van der Waals surface area contributed by atoms with Crippen molar-refractivity contribution in [2.45, 2.75) is 33.2 Å². The van der Waals surface area contributed by atoms with Gasteiger partial charge in [0.25, 0.3) is 0 Å². The topological polar surface area (TPSA) is 93.8 Å². The molecule has 0 aromatic rings. The molecular formula is C8H15N3O3. The molecule has 0 aromatic carbocycles. The number of rotatable bonds is 3. The molecule has 6 heteroatoms. The van der Waals surface area contributed by atoms with E-state index in [0.717, 1.165) is 0 Å². The Kier molecular flexibility index (Phi) is 4.07. The number of carbonyl (C=O) groups excluding carboxylic acids is 2. The predicted molar refractivity (Wildman–Crippen MR) is 51.3 cm³/mol. The first-order valence-electron chi connectivity index (χ1n) is 4.06. The zero-order valence-corrected chi connectivity index (χ0v) is 8.75. The maximum Gasteiger partial charge on any atom is 0.332 e. The molecule has 0 fully saturated rings. The van der Waals surface area contributed by atoms with Crippen molar-refractivity contribution in [2.24, 2.45) is 10.9 Å². The maximum absolute atomic E-state index is 10.8. The van der Waals surface area contributed by atoms with Crippen molar-refractivity contribution in [1.82, 2.24) is 5.32 Å². The Balaban J connectivity index is 4.47. The van der Waals surface area contributed by atoms with Gasteiger partial charge in [0.15, 0.2) is 5.84 Å². The van der Waals surface area contributed by atoms with Gasteiger partial charge in [-0.2, -0.15) is 0 Å². The van der Waals surface area contributed by atoms with Crippen LogP contribution in [0.25, 0.3) is 0 Å². The van der Waals surface area contributed by atoms with E-state index in [2.05, 4.69) is 15.3 Å². The first kappa shape index (κ1) is 12.4. The van der Waals surface area contributed by atoms with Crippen LogP contribution >= 0.6 is 0 Å². The van der Waals surface area contributed by atoms with Gasteiger partial charge in [0.2, 0.25) is 5.91 Å². The summed E-state index contributed by atoms with van der Waals surface area (Å²) in [6, 6.07) is 0. The summed E-state index contributed by atoms with van der Waals surface area (Å²) in [6.45, 7) is 5.87. The van der Waals surface area contributed by atoms with Crippen LogP contribution in [-0.2, 0) is 14.4 Å². The molecule has 0 bridgehead atoms. The van der Waals surface area contributed by atoms with Gasteiger partial charge in [-0.05, 0) is 13.8 Å². The Bertz CT molecular complexity index is 271. The molecule has 80 valence electrons. The highest BCUT2D eigenvalue weighted by Crippen LogP contribution is 2.02. The van der Waals surface area contributed by atoms with Crippen LogP contribution in [0, 0.1) is 0 Å². The lowest BCUT2D eigenvalue weighted by Gasteiger charge is -2.23. The molecule has 0 aliphatic carbocycles. The molecule has 0 aliphatic heterocycles. The number of hydrogen-bond donors (Lipinski definition) is 2. The van der Waals surface area contributed by atoms with Crippen LogP contribution in [0.3, 0.4) is 0 Å². The van der Waals surface area contributed by atoms with Crippen LogP contribution in [0.5, 0.6) is 0 Å². The second-order valence-corrected chi connectivity index (χ2v) is 3.37. The summed E-state index contributed by atoms with van der Waals surface area (Å²) >= 11 is 0. The van der Waals surface area contributed by atoms with Crippen LogP contribution in [0.4, 0.5) is 0 Å². The first-order chi connectivity index (χ1) is 6.25. The molecule has 0 rings (SSSR count). The van der Waals surface area contributed by atoms with E-state index < -0.39 is 11.5 Å². The van der Waals surface area contributed by atoms with E-state index >= 15 is 0 Å². The zero-order valence-electron chi connectivity index (χ0n) is 8.75. The number of hydrogen-bond acceptors (Lipinski definition) is 4. The van der Waals surface area contributed by atoms with E-state index in [-0.39, 0.29) is 11.7 Å². The molecule has 0 aliphatic rings. The minimum absolute atomic E-state index is 0.0305. The maximum atomic E-state index is 10.8. The van der Waals surface area contributed by atoms with Gasteiger partial charge in [-0.15, -0.1) is 0 Å². The van der Waals surface area contributed by atoms with Crippen molar-refractivity contribution >= 4 is 17.7 Å². The number of carbonyl (C=O) groups is 2. The molecule has 0 heterocycles. The Labute approximate surface area is 82.5 Å². The van der Waals surface area contributed by atoms with Crippen molar-refractivity contribution in [2.75, 3.05) is 0 Å². The summed E-state index contributed by atoms with van der Waals surface area (Å²) in [5, 5.41) is 5.94. The van der Waals surface area contributed by atoms with Crippen LogP contribution in [-0.4, -0.2) is 23.3 Å². The minimum atomic E-state index is -0.832. The fraction of sp³-hybridized carbons (Fsp3) is 0.625. The van der Waals surface area contributed by atoms with Crippen LogP contribution in [0.2, 0.25) is 0 Å². The SMILES string of the molecule is CC(=O)NC(C)(C)/C(N)=N/OC(C)=O. The summed E-state index contributed by atoms with van der Waals surface area (Å²) in [4.78, 5) is 25.5. The van der Waals surface area contributed by atoms with Gasteiger partial charge in [0, 0.05) is 13.8 Å². The number of amidine groups is 1. The van der Waals surface area contributed by atoms with Crippen LogP contribution in [0.1, 0.15) is 27.7 Å². The quantitative estimate of drug-likeness (QED) is 0.284. The standard InChI is InChI=1S/C8H15N3O3/c1-5(12)10-8(3,4)7(9)11-14-6(2)13/h1-4H3,(H2,9,11)(H,10,12). The largest absolute Gasteiger partial charge is 0.382 e. The van der Waals surface area contributed by atoms with Gasteiger partial charge in [0.1, 0.15) is 0 Å². The molecule has 0 atom stereocenters. The average Bonchev–Trinajstić information content (AvgIpc) is 1.97. The number of nitrogens with two attached hydrogens (primary N) is 1. The number of oxime groups is 1. The van der Waals surface area contributed by atoms with E-state index in [1.165, 1.54) is 13.8 Å². The van der Waals surface area contributed by atoms with E-state index in [1.807, 2.05) is 0 Å². The summed E-state index contributed by atoms with van der Waals surface area (Å²) in [5.41, 5.74) is 4.67. The minimum Gasteiger partial charge on any atom is -0.382 e. The third-order valence-corrected chi connectivity index (χ3v) is 1.40. The van der Waals surface area contributed by atoms with E-state index in [1.54, 1.807) is 13.8 Å². The second-order valence-electron chi connectivity index (χ2n) is 3.37. The molecule has 0 saturated carbocycles. The molecule has 0 saturated heterocycles. The summed E-state index contributed by atoms with van der Waals surface area (Å²) < 4.78 is 0. The lowest BCUT2D eigenvalue weighted by molar-refractivity contribution is -0.141. The Morgan fingerprint density at radius 1 is 1.36 bits per heavy atom. The highest BCUT2D eigenvalue weighted by Gasteiger charge is 2.24. The van der Waals surface area contributed by atoms with Gasteiger partial charge in [0.05, 0.1) is 5.54 Å². The lowest BCUT2D eigenvalue weighted by atomic mass is 10.0. The normalized spacial score (nSPS) is 12.1. The lowest BCUT2D eigenvalue weighted by Crippen LogP contribution is -2.52. The number of nitrogens with one attached hydrogen (secondary N) is 1. The third-order valence-electron chi connectivity index (χ3n) is 1.40. The first-order valence-corrected chi connectivity index (χ1v) is 4.06. The molecule has 0 radical (unpaired) electrons. The van der Waals surface area contributed by atoms with Crippen LogP contribution in [0.15, 0.2) is 5.16 Å². The molecule has 3 N–H and O–H groups in total. The zero-order chi connectivity index (χ0) is 11.4. The molecular weight excluding hydrogens is 186 g/mol. The summed E-state index contributed by atoms with van der Waals surface area (Å²) in [5.74, 6) is -0.773. The van der Waals surface area contributed by atoms with Gasteiger partial charge in [-0.1, -0.05) is 5.16 Å². The number of amides is 1. The molecule has 14 heavy (non-hydrogen) atoms. The fourth-order valence-electron chi connectivity index (χ4n) is 0.732. The van der Waals surface area contributed by atoms with Gasteiger partial charge >= 0.3 is 5.97 Å². The van der Waals surface area contributed by atoms with Gasteiger partial charge in [-0.25, -0.2) is 4.79 Å². The van der Waals surface area contributed by atoms with E-state index in [9.17, 15) is 9.59 Å². The highest BCUT2D eigenvalue weighted by molar-refractivity contribution is 5.93. The molecule has 0 aromatic heterocycles. The van der Waals surface area contributed by atoms with E-state index in [4.69, 9.17) is 5.73 Å². The molecule has 1 amide bonds. The molecule has 0 spiro atoms. The van der Waals surface area contributed by atoms with Gasteiger partial charge < -0.3 is 15.9 Å². The third kappa shape index (κ3) is 4.44.